The van der Waals surface area contributed by atoms with Crippen molar-refractivity contribution in [3.8, 4) is 0 Å². The standard InChI is InChI=1S/C19H25N3O/c20-12-18(22-19(23)16-6-3-7-17(21)11-16)15-9-8-13-4-1-2-5-14(13)10-15/h1-2,4-5,8-10,16-18H,3,6-7,11-12,20-21H2,(H,22,23). The Labute approximate surface area is 137 Å². The topological polar surface area (TPSA) is 81.1 Å². The monoisotopic (exact) mass is 311 g/mol. The van der Waals surface area contributed by atoms with Crippen LogP contribution in [0.4, 0.5) is 0 Å². The van der Waals surface area contributed by atoms with Gasteiger partial charge in [0.2, 0.25) is 5.91 Å². The molecule has 0 aromatic heterocycles. The molecule has 4 nitrogen and oxygen atoms in total. The molecule has 5 N–H and O–H groups in total. The van der Waals surface area contributed by atoms with E-state index in [1.807, 2.05) is 18.2 Å². The molecule has 1 aliphatic rings. The molecular weight excluding hydrogens is 286 g/mol. The maximum Gasteiger partial charge on any atom is 0.223 e. The van der Waals surface area contributed by atoms with Gasteiger partial charge < -0.3 is 16.8 Å². The van der Waals surface area contributed by atoms with Crippen LogP contribution in [0, 0.1) is 5.92 Å². The maximum absolute atomic E-state index is 12.5. The number of amides is 1. The molecule has 0 saturated heterocycles. The van der Waals surface area contributed by atoms with E-state index in [2.05, 4.69) is 29.6 Å². The molecule has 0 spiro atoms. The summed E-state index contributed by atoms with van der Waals surface area (Å²) in [4.78, 5) is 12.5. The maximum atomic E-state index is 12.5. The third kappa shape index (κ3) is 3.71. The molecule has 0 aliphatic heterocycles. The number of hydrogen-bond donors (Lipinski definition) is 3. The van der Waals surface area contributed by atoms with Crippen molar-refractivity contribution in [1.29, 1.82) is 0 Å². The number of fused-ring (bicyclic) bond motifs is 1. The Hall–Kier alpha value is -1.91. The van der Waals surface area contributed by atoms with Crippen molar-refractivity contribution >= 4 is 16.7 Å². The molecule has 1 amide bonds. The van der Waals surface area contributed by atoms with Gasteiger partial charge in [-0.15, -0.1) is 0 Å². The van der Waals surface area contributed by atoms with E-state index in [0.29, 0.717) is 6.54 Å². The van der Waals surface area contributed by atoms with Crippen molar-refractivity contribution in [2.45, 2.75) is 37.8 Å². The van der Waals surface area contributed by atoms with Crippen LogP contribution in [0.15, 0.2) is 42.5 Å². The normalized spacial score (nSPS) is 22.7. The van der Waals surface area contributed by atoms with Crippen LogP contribution in [0.2, 0.25) is 0 Å². The number of hydrogen-bond acceptors (Lipinski definition) is 3. The highest BCUT2D eigenvalue weighted by atomic mass is 16.1. The molecule has 3 rings (SSSR count). The Bertz CT molecular complexity index is 685. The first-order valence-corrected chi connectivity index (χ1v) is 8.42. The summed E-state index contributed by atoms with van der Waals surface area (Å²) >= 11 is 0. The van der Waals surface area contributed by atoms with E-state index >= 15 is 0 Å². The van der Waals surface area contributed by atoms with Crippen LogP contribution < -0.4 is 16.8 Å². The first-order valence-electron chi connectivity index (χ1n) is 8.42. The minimum Gasteiger partial charge on any atom is -0.348 e. The van der Waals surface area contributed by atoms with Crippen LogP contribution in [0.5, 0.6) is 0 Å². The van der Waals surface area contributed by atoms with E-state index in [1.54, 1.807) is 0 Å². The predicted octanol–water partition coefficient (Wildman–Crippen LogP) is 2.47. The first kappa shape index (κ1) is 16.0. The Kier molecular flexibility index (Phi) is 4.94. The molecule has 0 bridgehead atoms. The summed E-state index contributed by atoms with van der Waals surface area (Å²) in [5.74, 6) is 0.108. The Morgan fingerprint density at radius 3 is 2.70 bits per heavy atom. The second kappa shape index (κ2) is 7.11. The molecule has 2 aromatic carbocycles. The average Bonchev–Trinajstić information content (AvgIpc) is 2.59. The molecule has 3 atom stereocenters. The summed E-state index contributed by atoms with van der Waals surface area (Å²) in [7, 11) is 0. The number of carbonyl (C=O) groups is 1. The van der Waals surface area contributed by atoms with Crippen LogP contribution in [0.3, 0.4) is 0 Å². The number of nitrogens with one attached hydrogen (secondary N) is 1. The van der Waals surface area contributed by atoms with Crippen molar-refractivity contribution in [3.63, 3.8) is 0 Å². The largest absolute Gasteiger partial charge is 0.348 e. The number of nitrogens with two attached hydrogens (primary N) is 2. The van der Waals surface area contributed by atoms with E-state index in [4.69, 9.17) is 11.5 Å². The van der Waals surface area contributed by atoms with Crippen molar-refractivity contribution < 1.29 is 4.79 Å². The van der Waals surface area contributed by atoms with Gasteiger partial charge in [-0.25, -0.2) is 0 Å². The second-order valence-corrected chi connectivity index (χ2v) is 6.53. The highest BCUT2D eigenvalue weighted by Gasteiger charge is 2.26. The lowest BCUT2D eigenvalue weighted by Crippen LogP contribution is -2.41. The number of benzene rings is 2. The summed E-state index contributed by atoms with van der Waals surface area (Å²) < 4.78 is 0. The molecule has 2 aromatic rings. The predicted molar refractivity (Wildman–Crippen MR) is 93.8 cm³/mol. The van der Waals surface area contributed by atoms with Crippen molar-refractivity contribution in [2.24, 2.45) is 17.4 Å². The van der Waals surface area contributed by atoms with Crippen LogP contribution >= 0.6 is 0 Å². The lowest BCUT2D eigenvalue weighted by Gasteiger charge is -2.27. The molecule has 1 fully saturated rings. The molecule has 0 heterocycles. The Morgan fingerprint density at radius 2 is 1.96 bits per heavy atom. The molecule has 4 heteroatoms. The van der Waals surface area contributed by atoms with E-state index in [1.165, 1.54) is 5.39 Å². The van der Waals surface area contributed by atoms with Crippen molar-refractivity contribution in [2.75, 3.05) is 6.54 Å². The zero-order chi connectivity index (χ0) is 16.2. The summed E-state index contributed by atoms with van der Waals surface area (Å²) in [6.07, 6.45) is 3.76. The van der Waals surface area contributed by atoms with Crippen LogP contribution in [0.1, 0.15) is 37.3 Å². The molecule has 1 aliphatic carbocycles. The Morgan fingerprint density at radius 1 is 1.17 bits per heavy atom. The van der Waals surface area contributed by atoms with Crippen LogP contribution in [-0.4, -0.2) is 18.5 Å². The van der Waals surface area contributed by atoms with Gasteiger partial charge in [0, 0.05) is 18.5 Å². The van der Waals surface area contributed by atoms with Gasteiger partial charge in [-0.3, -0.25) is 4.79 Å². The van der Waals surface area contributed by atoms with Gasteiger partial charge >= 0.3 is 0 Å². The molecule has 23 heavy (non-hydrogen) atoms. The Balaban J connectivity index is 1.74. The van der Waals surface area contributed by atoms with Gasteiger partial charge in [-0.2, -0.15) is 0 Å². The third-order valence-corrected chi connectivity index (χ3v) is 4.81. The summed E-state index contributed by atoms with van der Waals surface area (Å²) in [6.45, 7) is 0.392. The SMILES string of the molecule is NCC(NC(=O)C1CCCC(N)C1)c1ccc2ccccc2c1. The molecule has 3 unspecified atom stereocenters. The zero-order valence-electron chi connectivity index (χ0n) is 13.4. The quantitative estimate of drug-likeness (QED) is 0.811. The van der Waals surface area contributed by atoms with E-state index in [9.17, 15) is 4.79 Å². The lowest BCUT2D eigenvalue weighted by molar-refractivity contribution is -0.126. The van der Waals surface area contributed by atoms with E-state index in [0.717, 1.165) is 36.6 Å². The van der Waals surface area contributed by atoms with Crippen LogP contribution in [0.25, 0.3) is 10.8 Å². The summed E-state index contributed by atoms with van der Waals surface area (Å²) in [5.41, 5.74) is 13.0. The minimum absolute atomic E-state index is 0.0215. The summed E-state index contributed by atoms with van der Waals surface area (Å²) in [6, 6.07) is 14.4. The minimum atomic E-state index is -0.148. The van der Waals surface area contributed by atoms with Gasteiger partial charge in [0.05, 0.1) is 6.04 Å². The lowest BCUT2D eigenvalue weighted by atomic mass is 9.85. The average molecular weight is 311 g/mol. The van der Waals surface area contributed by atoms with Crippen molar-refractivity contribution in [3.05, 3.63) is 48.0 Å². The fourth-order valence-electron chi connectivity index (χ4n) is 3.46. The molecule has 0 radical (unpaired) electrons. The van der Waals surface area contributed by atoms with Gasteiger partial charge in [-0.1, -0.05) is 42.8 Å². The fourth-order valence-corrected chi connectivity index (χ4v) is 3.46. The molecule has 1 saturated carbocycles. The molecule has 122 valence electrons. The van der Waals surface area contributed by atoms with E-state index < -0.39 is 0 Å². The smallest absolute Gasteiger partial charge is 0.223 e. The van der Waals surface area contributed by atoms with Gasteiger partial charge in [0.25, 0.3) is 0 Å². The third-order valence-electron chi connectivity index (χ3n) is 4.81. The highest BCUT2D eigenvalue weighted by Crippen LogP contribution is 2.25. The van der Waals surface area contributed by atoms with Gasteiger partial charge in [0.1, 0.15) is 0 Å². The van der Waals surface area contributed by atoms with Crippen molar-refractivity contribution in [1.82, 2.24) is 5.32 Å². The zero-order valence-corrected chi connectivity index (χ0v) is 13.4. The summed E-state index contributed by atoms with van der Waals surface area (Å²) in [5, 5.41) is 5.47. The molecular formula is C19H25N3O. The highest BCUT2D eigenvalue weighted by molar-refractivity contribution is 5.83. The number of rotatable bonds is 4. The van der Waals surface area contributed by atoms with Gasteiger partial charge in [0.15, 0.2) is 0 Å². The van der Waals surface area contributed by atoms with Gasteiger partial charge in [-0.05, 0) is 41.7 Å². The van der Waals surface area contributed by atoms with Crippen LogP contribution in [-0.2, 0) is 4.79 Å². The number of carbonyl (C=O) groups excluding carboxylic acids is 1. The van der Waals surface area contributed by atoms with E-state index in [-0.39, 0.29) is 23.9 Å². The fraction of sp³-hybridized carbons (Fsp3) is 0.421. The first-order chi connectivity index (χ1) is 11.2. The second-order valence-electron chi connectivity index (χ2n) is 6.53.